The number of para-hydroxylation sites is 3. The predicted molar refractivity (Wildman–Crippen MR) is 111 cm³/mol. The zero-order chi connectivity index (χ0) is 21.4. The van der Waals surface area contributed by atoms with E-state index in [0.717, 1.165) is 0 Å². The Labute approximate surface area is 170 Å². The molecule has 0 heterocycles. The van der Waals surface area contributed by atoms with Gasteiger partial charge in [-0.15, -0.1) is 0 Å². The van der Waals surface area contributed by atoms with Crippen molar-refractivity contribution in [3.05, 3.63) is 54.1 Å². The average molecular weight is 398 g/mol. The van der Waals surface area contributed by atoms with Gasteiger partial charge in [-0.05, 0) is 45.0 Å². The van der Waals surface area contributed by atoms with Crippen LogP contribution in [0.25, 0.3) is 0 Å². The molecule has 0 saturated heterocycles. The molecule has 1 N–H and O–H groups in total. The van der Waals surface area contributed by atoms with Gasteiger partial charge in [0.05, 0.1) is 29.6 Å². The summed E-state index contributed by atoms with van der Waals surface area (Å²) in [7, 11) is 0. The minimum Gasteiger partial charge on any atom is -0.489 e. The van der Waals surface area contributed by atoms with Crippen molar-refractivity contribution in [2.75, 3.05) is 23.4 Å². The van der Waals surface area contributed by atoms with E-state index >= 15 is 0 Å². The molecule has 0 atom stereocenters. The van der Waals surface area contributed by atoms with Gasteiger partial charge in [0.2, 0.25) is 11.8 Å². The summed E-state index contributed by atoms with van der Waals surface area (Å²) in [5.74, 6) is -0.769. The summed E-state index contributed by atoms with van der Waals surface area (Å²) in [6.45, 7) is 6.85. The predicted octanol–water partition coefficient (Wildman–Crippen LogP) is 3.64. The molecule has 0 aliphatic carbocycles. The molecule has 0 spiro atoms. The minimum atomic E-state index is -0.525. The maximum absolute atomic E-state index is 12.7. The van der Waals surface area contributed by atoms with Gasteiger partial charge in [0.15, 0.2) is 0 Å². The lowest BCUT2D eigenvalue weighted by atomic mass is 10.1. The molecule has 0 aromatic heterocycles. The number of hydrogen-bond acceptors (Lipinski definition) is 5. The van der Waals surface area contributed by atoms with Gasteiger partial charge in [0.1, 0.15) is 12.3 Å². The Bertz CT molecular complexity index is 879. The largest absolute Gasteiger partial charge is 0.489 e. The number of anilines is 2. The molecule has 7 heteroatoms. The Hall–Kier alpha value is -3.35. The van der Waals surface area contributed by atoms with Crippen LogP contribution in [0.3, 0.4) is 0 Å². The zero-order valence-electron chi connectivity index (χ0n) is 17.1. The van der Waals surface area contributed by atoms with Gasteiger partial charge in [-0.2, -0.15) is 0 Å². The number of rotatable bonds is 8. The van der Waals surface area contributed by atoms with Crippen molar-refractivity contribution in [2.24, 2.45) is 0 Å². The molecule has 2 aromatic carbocycles. The first-order valence-electron chi connectivity index (χ1n) is 9.43. The van der Waals surface area contributed by atoms with Crippen LogP contribution in [0.1, 0.15) is 38.1 Å². The van der Waals surface area contributed by atoms with E-state index in [1.165, 1.54) is 11.8 Å². The van der Waals surface area contributed by atoms with Crippen LogP contribution in [0.4, 0.5) is 11.4 Å². The third kappa shape index (κ3) is 6.07. The highest BCUT2D eigenvalue weighted by atomic mass is 16.5. The molecule has 0 aliphatic rings. The molecule has 0 radical (unpaired) electrons. The van der Waals surface area contributed by atoms with E-state index in [1.54, 1.807) is 55.5 Å². The van der Waals surface area contributed by atoms with Crippen molar-refractivity contribution in [1.29, 1.82) is 0 Å². The molecule has 0 unspecified atom stereocenters. The molecule has 0 saturated carbocycles. The van der Waals surface area contributed by atoms with Crippen molar-refractivity contribution in [3.63, 3.8) is 0 Å². The number of nitrogens with one attached hydrogen (secondary N) is 1. The number of nitrogens with zero attached hydrogens (tertiary/aromatic N) is 1. The fourth-order valence-corrected chi connectivity index (χ4v) is 2.71. The van der Waals surface area contributed by atoms with Crippen LogP contribution in [0.15, 0.2) is 48.5 Å². The van der Waals surface area contributed by atoms with Crippen LogP contribution >= 0.6 is 0 Å². The molecule has 2 aromatic rings. The lowest BCUT2D eigenvalue weighted by molar-refractivity contribution is -0.120. The maximum Gasteiger partial charge on any atom is 0.340 e. The summed E-state index contributed by atoms with van der Waals surface area (Å²) in [5, 5.41) is 2.69. The molecule has 0 bridgehead atoms. The van der Waals surface area contributed by atoms with Gasteiger partial charge in [-0.3, -0.25) is 14.5 Å². The Balaban J connectivity index is 2.23. The SMILES string of the molecule is CCOC(=O)c1ccccc1NC(=O)CN(C(C)=O)c1ccccc1OC(C)C. The number of amides is 2. The molecule has 154 valence electrons. The van der Waals surface area contributed by atoms with E-state index in [9.17, 15) is 14.4 Å². The normalized spacial score (nSPS) is 10.4. The van der Waals surface area contributed by atoms with Gasteiger partial charge in [-0.1, -0.05) is 24.3 Å². The summed E-state index contributed by atoms with van der Waals surface area (Å²) in [4.78, 5) is 38.3. The van der Waals surface area contributed by atoms with E-state index in [4.69, 9.17) is 9.47 Å². The van der Waals surface area contributed by atoms with Crippen molar-refractivity contribution in [2.45, 2.75) is 33.8 Å². The number of carbonyl (C=O) groups is 3. The highest BCUT2D eigenvalue weighted by molar-refractivity contribution is 6.05. The number of benzene rings is 2. The molecule has 0 aliphatic heterocycles. The van der Waals surface area contributed by atoms with Gasteiger partial charge in [-0.25, -0.2) is 4.79 Å². The molecule has 2 rings (SSSR count). The smallest absolute Gasteiger partial charge is 0.340 e. The number of hydrogen-bond donors (Lipinski definition) is 1. The Morgan fingerprint density at radius 1 is 1.03 bits per heavy atom. The van der Waals surface area contributed by atoms with Crippen LogP contribution in [-0.4, -0.2) is 37.0 Å². The van der Waals surface area contributed by atoms with E-state index in [0.29, 0.717) is 17.1 Å². The highest BCUT2D eigenvalue weighted by Gasteiger charge is 2.21. The topological polar surface area (TPSA) is 84.9 Å². The first-order valence-corrected chi connectivity index (χ1v) is 9.43. The number of carbonyl (C=O) groups excluding carboxylic acids is 3. The van der Waals surface area contributed by atoms with Crippen LogP contribution in [0, 0.1) is 0 Å². The minimum absolute atomic E-state index is 0.0877. The number of esters is 1. The second kappa shape index (κ2) is 10.3. The van der Waals surface area contributed by atoms with Crippen LogP contribution in [0.2, 0.25) is 0 Å². The van der Waals surface area contributed by atoms with E-state index < -0.39 is 11.9 Å². The summed E-state index contributed by atoms with van der Waals surface area (Å²) in [6.07, 6.45) is -0.0877. The zero-order valence-corrected chi connectivity index (χ0v) is 17.1. The van der Waals surface area contributed by atoms with E-state index in [2.05, 4.69) is 5.32 Å². The summed E-state index contributed by atoms with van der Waals surface area (Å²) >= 11 is 0. The molecule has 2 amide bonds. The van der Waals surface area contributed by atoms with Gasteiger partial charge in [0.25, 0.3) is 0 Å². The summed E-state index contributed by atoms with van der Waals surface area (Å²) in [5.41, 5.74) is 1.08. The molecule has 0 fully saturated rings. The van der Waals surface area contributed by atoms with Crippen molar-refractivity contribution >= 4 is 29.2 Å². The Morgan fingerprint density at radius 3 is 2.34 bits per heavy atom. The molecule has 29 heavy (non-hydrogen) atoms. The van der Waals surface area contributed by atoms with Gasteiger partial charge in [0, 0.05) is 6.92 Å². The molecular weight excluding hydrogens is 372 g/mol. The second-order valence-corrected chi connectivity index (χ2v) is 6.55. The van der Waals surface area contributed by atoms with Crippen LogP contribution in [-0.2, 0) is 14.3 Å². The van der Waals surface area contributed by atoms with Crippen LogP contribution < -0.4 is 15.0 Å². The Kier molecular flexibility index (Phi) is 7.77. The van der Waals surface area contributed by atoms with E-state index in [-0.39, 0.29) is 30.7 Å². The first kappa shape index (κ1) is 21.9. The van der Waals surface area contributed by atoms with Gasteiger partial charge >= 0.3 is 5.97 Å². The average Bonchev–Trinajstić information content (AvgIpc) is 2.66. The molecular formula is C22H26N2O5. The summed E-state index contributed by atoms with van der Waals surface area (Å²) in [6, 6.07) is 13.6. The fraction of sp³-hybridized carbons (Fsp3) is 0.318. The third-order valence-corrected chi connectivity index (χ3v) is 3.90. The summed E-state index contributed by atoms with van der Waals surface area (Å²) < 4.78 is 10.8. The third-order valence-electron chi connectivity index (χ3n) is 3.90. The Morgan fingerprint density at radius 2 is 1.69 bits per heavy atom. The lowest BCUT2D eigenvalue weighted by Gasteiger charge is -2.24. The van der Waals surface area contributed by atoms with Gasteiger partial charge < -0.3 is 14.8 Å². The maximum atomic E-state index is 12.7. The monoisotopic (exact) mass is 398 g/mol. The number of ether oxygens (including phenoxy) is 2. The van der Waals surface area contributed by atoms with Crippen molar-refractivity contribution in [1.82, 2.24) is 0 Å². The second-order valence-electron chi connectivity index (χ2n) is 6.55. The van der Waals surface area contributed by atoms with Crippen molar-refractivity contribution < 1.29 is 23.9 Å². The van der Waals surface area contributed by atoms with Crippen molar-refractivity contribution in [3.8, 4) is 5.75 Å². The highest BCUT2D eigenvalue weighted by Crippen LogP contribution is 2.29. The standard InChI is InChI=1S/C22H26N2O5/c1-5-28-22(27)17-10-6-7-11-18(17)23-21(26)14-24(16(4)25)19-12-8-9-13-20(19)29-15(2)3/h6-13,15H,5,14H2,1-4H3,(H,23,26). The van der Waals surface area contributed by atoms with Crippen LogP contribution in [0.5, 0.6) is 5.75 Å². The quantitative estimate of drug-likeness (QED) is 0.686. The van der Waals surface area contributed by atoms with E-state index in [1.807, 2.05) is 13.8 Å². The lowest BCUT2D eigenvalue weighted by Crippen LogP contribution is -2.37. The fourth-order valence-electron chi connectivity index (χ4n) is 2.71. The molecule has 7 nitrogen and oxygen atoms in total. The first-order chi connectivity index (χ1) is 13.8.